The van der Waals surface area contributed by atoms with Crippen molar-refractivity contribution < 1.29 is 4.79 Å². The second-order valence-corrected chi connectivity index (χ2v) is 5.34. The molecule has 5 nitrogen and oxygen atoms in total. The molecule has 0 radical (unpaired) electrons. The number of aromatic amines is 1. The number of hydrogen-bond donors (Lipinski definition) is 1. The fourth-order valence-electron chi connectivity index (χ4n) is 1.76. The molecule has 0 spiro atoms. The number of aromatic nitrogens is 3. The summed E-state index contributed by atoms with van der Waals surface area (Å²) in [6.07, 6.45) is 1.92. The molecule has 6 heteroatoms. The van der Waals surface area contributed by atoms with Gasteiger partial charge in [0.25, 0.3) is 0 Å². The zero-order valence-corrected chi connectivity index (χ0v) is 12.2. The van der Waals surface area contributed by atoms with E-state index in [2.05, 4.69) is 17.1 Å². The van der Waals surface area contributed by atoms with E-state index in [0.717, 1.165) is 12.8 Å². The molecule has 0 unspecified atom stereocenters. The van der Waals surface area contributed by atoms with Crippen molar-refractivity contribution in [3.8, 4) is 0 Å². The standard InChI is InChI=1S/C14H17N3O2S/c1-2-3-9-17-13(19)15-16-14(17)20-10-12(18)11-7-5-4-6-8-11/h4-8H,2-3,9-10H2,1H3,(H,15,19). The molecule has 0 saturated heterocycles. The van der Waals surface area contributed by atoms with Crippen LogP contribution in [0.25, 0.3) is 0 Å². The number of unbranched alkanes of at least 4 members (excludes halogenated alkanes) is 1. The van der Waals surface area contributed by atoms with E-state index in [9.17, 15) is 9.59 Å². The van der Waals surface area contributed by atoms with E-state index >= 15 is 0 Å². The van der Waals surface area contributed by atoms with Gasteiger partial charge in [-0.3, -0.25) is 9.36 Å². The smallest absolute Gasteiger partial charge is 0.293 e. The van der Waals surface area contributed by atoms with Gasteiger partial charge in [-0.05, 0) is 6.42 Å². The van der Waals surface area contributed by atoms with Gasteiger partial charge in [-0.2, -0.15) is 0 Å². The topological polar surface area (TPSA) is 67.8 Å². The van der Waals surface area contributed by atoms with Crippen LogP contribution in [0.15, 0.2) is 40.3 Å². The van der Waals surface area contributed by atoms with Gasteiger partial charge >= 0.3 is 5.69 Å². The van der Waals surface area contributed by atoms with Gasteiger partial charge in [-0.15, -0.1) is 5.10 Å². The second kappa shape index (κ2) is 7.09. The molecule has 0 aliphatic carbocycles. The van der Waals surface area contributed by atoms with E-state index < -0.39 is 0 Å². The quantitative estimate of drug-likeness (QED) is 0.628. The number of thioether (sulfide) groups is 1. The van der Waals surface area contributed by atoms with Gasteiger partial charge in [0, 0.05) is 12.1 Å². The molecule has 20 heavy (non-hydrogen) atoms. The summed E-state index contributed by atoms with van der Waals surface area (Å²) in [6, 6.07) is 9.13. The number of nitrogens with zero attached hydrogens (tertiary/aromatic N) is 2. The van der Waals surface area contributed by atoms with Gasteiger partial charge < -0.3 is 0 Å². The molecule has 0 saturated carbocycles. The predicted octanol–water partition coefficient (Wildman–Crippen LogP) is 2.35. The highest BCUT2D eigenvalue weighted by atomic mass is 32.2. The van der Waals surface area contributed by atoms with Crippen LogP contribution in [0.4, 0.5) is 0 Å². The maximum atomic E-state index is 12.0. The fraction of sp³-hybridized carbons (Fsp3) is 0.357. The van der Waals surface area contributed by atoms with E-state index in [-0.39, 0.29) is 17.2 Å². The molecule has 0 atom stereocenters. The average Bonchev–Trinajstić information content (AvgIpc) is 2.84. The van der Waals surface area contributed by atoms with Crippen molar-refractivity contribution in [3.63, 3.8) is 0 Å². The molecule has 106 valence electrons. The summed E-state index contributed by atoms with van der Waals surface area (Å²) in [5.74, 6) is 0.313. The van der Waals surface area contributed by atoms with Crippen molar-refractivity contribution in [2.45, 2.75) is 31.5 Å². The Morgan fingerprint density at radius 1 is 1.35 bits per heavy atom. The first-order valence-electron chi connectivity index (χ1n) is 6.58. The van der Waals surface area contributed by atoms with Gasteiger partial charge in [-0.25, -0.2) is 9.89 Å². The largest absolute Gasteiger partial charge is 0.343 e. The number of benzene rings is 1. The molecule has 1 aromatic heterocycles. The molecule has 0 amide bonds. The Labute approximate surface area is 121 Å². The number of ketones is 1. The van der Waals surface area contributed by atoms with Gasteiger partial charge in [0.05, 0.1) is 5.75 Å². The zero-order valence-electron chi connectivity index (χ0n) is 11.3. The number of H-pyrrole nitrogens is 1. The van der Waals surface area contributed by atoms with Crippen LogP contribution in [0, 0.1) is 0 Å². The van der Waals surface area contributed by atoms with E-state index in [1.54, 1.807) is 16.7 Å². The fourth-order valence-corrected chi connectivity index (χ4v) is 2.63. The van der Waals surface area contributed by atoms with E-state index in [1.807, 2.05) is 18.2 Å². The first kappa shape index (κ1) is 14.6. The molecule has 0 fully saturated rings. The molecule has 2 rings (SSSR count). The van der Waals surface area contributed by atoms with E-state index in [0.29, 0.717) is 17.3 Å². The lowest BCUT2D eigenvalue weighted by Crippen LogP contribution is -2.18. The minimum atomic E-state index is -0.215. The first-order chi connectivity index (χ1) is 9.72. The molecule has 1 N–H and O–H groups in total. The third-order valence-corrected chi connectivity index (χ3v) is 3.86. The molecule has 0 aliphatic rings. The van der Waals surface area contributed by atoms with E-state index in [4.69, 9.17) is 0 Å². The Balaban J connectivity index is 2.01. The van der Waals surface area contributed by atoms with Crippen LogP contribution in [-0.2, 0) is 6.54 Å². The lowest BCUT2D eigenvalue weighted by atomic mass is 10.2. The van der Waals surface area contributed by atoms with Crippen LogP contribution < -0.4 is 5.69 Å². The Bertz CT molecular complexity index is 619. The Morgan fingerprint density at radius 3 is 2.80 bits per heavy atom. The Kier molecular flexibility index (Phi) is 5.17. The van der Waals surface area contributed by atoms with Gasteiger partial charge in [0.15, 0.2) is 10.9 Å². The summed E-state index contributed by atoms with van der Waals surface area (Å²) >= 11 is 1.29. The zero-order chi connectivity index (χ0) is 14.4. The monoisotopic (exact) mass is 291 g/mol. The number of carbonyl (C=O) groups excluding carboxylic acids is 1. The maximum Gasteiger partial charge on any atom is 0.343 e. The first-order valence-corrected chi connectivity index (χ1v) is 7.57. The second-order valence-electron chi connectivity index (χ2n) is 4.39. The summed E-state index contributed by atoms with van der Waals surface area (Å²) in [4.78, 5) is 23.6. The summed E-state index contributed by atoms with van der Waals surface area (Å²) in [6.45, 7) is 2.70. The average molecular weight is 291 g/mol. The van der Waals surface area contributed by atoms with Crippen LogP contribution in [-0.4, -0.2) is 26.3 Å². The summed E-state index contributed by atoms with van der Waals surface area (Å²) in [5.41, 5.74) is 0.464. The highest BCUT2D eigenvalue weighted by Gasteiger charge is 2.12. The molecule has 1 heterocycles. The normalized spacial score (nSPS) is 10.7. The van der Waals surface area contributed by atoms with Crippen molar-refractivity contribution in [3.05, 3.63) is 46.4 Å². The highest BCUT2D eigenvalue weighted by molar-refractivity contribution is 7.99. The van der Waals surface area contributed by atoms with Crippen molar-refractivity contribution in [1.29, 1.82) is 0 Å². The third-order valence-electron chi connectivity index (χ3n) is 2.89. The SMILES string of the molecule is CCCCn1c(SCC(=O)c2ccccc2)n[nH]c1=O. The van der Waals surface area contributed by atoms with Crippen molar-refractivity contribution in [2.75, 3.05) is 5.75 Å². The number of hydrogen-bond acceptors (Lipinski definition) is 4. The van der Waals surface area contributed by atoms with Crippen LogP contribution in [0.3, 0.4) is 0 Å². The number of rotatable bonds is 7. The summed E-state index contributed by atoms with van der Waals surface area (Å²) in [7, 11) is 0. The summed E-state index contributed by atoms with van der Waals surface area (Å²) < 4.78 is 1.59. The minimum Gasteiger partial charge on any atom is -0.293 e. The Hall–Kier alpha value is -1.82. The van der Waals surface area contributed by atoms with Crippen molar-refractivity contribution in [2.24, 2.45) is 0 Å². The lowest BCUT2D eigenvalue weighted by Gasteiger charge is -2.04. The minimum absolute atomic E-state index is 0.0353. The predicted molar refractivity (Wildman–Crippen MR) is 79.3 cm³/mol. The van der Waals surface area contributed by atoms with Gasteiger partial charge in [-0.1, -0.05) is 55.4 Å². The molecule has 0 aliphatic heterocycles. The van der Waals surface area contributed by atoms with Crippen LogP contribution >= 0.6 is 11.8 Å². The molecular formula is C14H17N3O2S. The molecular weight excluding hydrogens is 274 g/mol. The third kappa shape index (κ3) is 3.60. The lowest BCUT2D eigenvalue weighted by molar-refractivity contribution is 0.102. The highest BCUT2D eigenvalue weighted by Crippen LogP contribution is 2.15. The number of carbonyl (C=O) groups is 1. The maximum absolute atomic E-state index is 12.0. The van der Waals surface area contributed by atoms with Crippen LogP contribution in [0.5, 0.6) is 0 Å². The van der Waals surface area contributed by atoms with Gasteiger partial charge in [0.2, 0.25) is 0 Å². The number of Topliss-reactive ketones (excluding diaryl/α,β-unsaturated/α-hetero) is 1. The van der Waals surface area contributed by atoms with E-state index in [1.165, 1.54) is 11.8 Å². The molecule has 2 aromatic rings. The van der Waals surface area contributed by atoms with Crippen LogP contribution in [0.1, 0.15) is 30.1 Å². The van der Waals surface area contributed by atoms with Crippen molar-refractivity contribution >= 4 is 17.5 Å². The number of nitrogens with one attached hydrogen (secondary N) is 1. The van der Waals surface area contributed by atoms with Crippen LogP contribution in [0.2, 0.25) is 0 Å². The molecule has 0 bridgehead atoms. The van der Waals surface area contributed by atoms with Gasteiger partial charge in [0.1, 0.15) is 0 Å². The molecule has 1 aromatic carbocycles. The summed E-state index contributed by atoms with van der Waals surface area (Å²) in [5, 5.41) is 6.98. The van der Waals surface area contributed by atoms with Crippen molar-refractivity contribution in [1.82, 2.24) is 14.8 Å². The Morgan fingerprint density at radius 2 is 2.10 bits per heavy atom.